The first-order valence-electron chi connectivity index (χ1n) is 7.60. The summed E-state index contributed by atoms with van der Waals surface area (Å²) in [5.41, 5.74) is 1.45. The van der Waals surface area contributed by atoms with E-state index in [1.807, 2.05) is 6.92 Å². The second-order valence-corrected chi connectivity index (χ2v) is 9.60. The van der Waals surface area contributed by atoms with Gasteiger partial charge in [-0.25, -0.2) is 8.42 Å². The molecule has 7 nitrogen and oxygen atoms in total. The van der Waals surface area contributed by atoms with Crippen molar-refractivity contribution in [2.24, 2.45) is 0 Å². The number of sulfonamides is 1. The van der Waals surface area contributed by atoms with Gasteiger partial charge in [-0.15, -0.1) is 10.2 Å². The highest BCUT2D eigenvalue weighted by atomic mass is 32.2. The minimum Gasteiger partial charge on any atom is -0.299 e. The van der Waals surface area contributed by atoms with E-state index in [1.54, 1.807) is 36.0 Å². The van der Waals surface area contributed by atoms with Crippen LogP contribution in [0.3, 0.4) is 0 Å². The quantitative estimate of drug-likeness (QED) is 0.541. The number of amides is 1. The Morgan fingerprint density at radius 3 is 2.56 bits per heavy atom. The number of hydrogen-bond acceptors (Lipinski definition) is 7. The van der Waals surface area contributed by atoms with Crippen molar-refractivity contribution in [2.75, 3.05) is 28.2 Å². The van der Waals surface area contributed by atoms with Crippen LogP contribution in [0.1, 0.15) is 18.9 Å². The molecule has 25 heavy (non-hydrogen) atoms. The van der Waals surface area contributed by atoms with Gasteiger partial charge in [-0.3, -0.25) is 14.4 Å². The predicted molar refractivity (Wildman–Crippen MR) is 103 cm³/mol. The molecule has 1 N–H and O–H groups in total. The number of rotatable bonds is 8. The minimum absolute atomic E-state index is 0.321. The van der Waals surface area contributed by atoms with Crippen molar-refractivity contribution in [3.05, 3.63) is 29.8 Å². The Morgan fingerprint density at radius 1 is 1.28 bits per heavy atom. The number of thioether (sulfide) groups is 1. The fourth-order valence-corrected chi connectivity index (χ4v) is 4.46. The number of nitrogens with zero attached hydrogens (tertiary/aromatic N) is 3. The third kappa shape index (κ3) is 5.98. The zero-order valence-corrected chi connectivity index (χ0v) is 16.7. The number of nitrogens with one attached hydrogen (secondary N) is 1. The zero-order valence-electron chi connectivity index (χ0n) is 14.2. The van der Waals surface area contributed by atoms with E-state index < -0.39 is 15.9 Å². The lowest BCUT2D eigenvalue weighted by molar-refractivity contribution is -0.114. The number of aryl methyl sites for hydroxylation is 1. The maximum atomic E-state index is 12.2. The number of anilines is 2. The Balaban J connectivity index is 2.07. The lowest BCUT2D eigenvalue weighted by Gasteiger charge is -2.21. The maximum Gasteiger partial charge on any atom is 0.246 e. The molecule has 0 unspecified atom stereocenters. The molecule has 136 valence electrons. The molecular weight excluding hydrogens is 380 g/mol. The summed E-state index contributed by atoms with van der Waals surface area (Å²) in [7, 11) is -3.59. The summed E-state index contributed by atoms with van der Waals surface area (Å²) >= 11 is 2.85. The van der Waals surface area contributed by atoms with Crippen LogP contribution in [-0.2, 0) is 14.8 Å². The predicted octanol–water partition coefficient (Wildman–Crippen LogP) is 2.75. The van der Waals surface area contributed by atoms with Crippen LogP contribution >= 0.6 is 23.1 Å². The van der Waals surface area contributed by atoms with Crippen LogP contribution in [0.2, 0.25) is 0 Å². The van der Waals surface area contributed by atoms with Crippen LogP contribution in [-0.4, -0.2) is 43.1 Å². The van der Waals surface area contributed by atoms with Gasteiger partial charge in [0.1, 0.15) is 6.54 Å². The third-order valence-corrected chi connectivity index (χ3v) is 6.41. The van der Waals surface area contributed by atoms with E-state index in [-0.39, 0.29) is 6.54 Å². The lowest BCUT2D eigenvalue weighted by Crippen LogP contribution is -2.37. The first kappa shape index (κ1) is 19.7. The molecule has 1 amide bonds. The Bertz CT molecular complexity index is 819. The molecule has 2 rings (SSSR count). The highest BCUT2D eigenvalue weighted by molar-refractivity contribution is 8.01. The van der Waals surface area contributed by atoms with Crippen LogP contribution in [0.15, 0.2) is 28.6 Å². The molecule has 0 saturated carbocycles. The molecule has 1 aromatic carbocycles. The van der Waals surface area contributed by atoms with Crippen LogP contribution in [0.25, 0.3) is 0 Å². The molecule has 0 aliphatic carbocycles. The number of benzene rings is 1. The Labute approximate surface area is 155 Å². The fourth-order valence-electron chi connectivity index (χ4n) is 1.91. The van der Waals surface area contributed by atoms with Gasteiger partial charge in [0.05, 0.1) is 11.9 Å². The summed E-state index contributed by atoms with van der Waals surface area (Å²) < 4.78 is 25.9. The van der Waals surface area contributed by atoms with E-state index in [9.17, 15) is 13.2 Å². The van der Waals surface area contributed by atoms with E-state index in [2.05, 4.69) is 22.4 Å². The van der Waals surface area contributed by atoms with E-state index in [0.717, 1.165) is 32.6 Å². The molecule has 0 aliphatic rings. The lowest BCUT2D eigenvalue weighted by atomic mass is 10.2. The average Bonchev–Trinajstić information content (AvgIpc) is 2.98. The summed E-state index contributed by atoms with van der Waals surface area (Å²) in [5.74, 6) is 0.465. The van der Waals surface area contributed by atoms with Crippen LogP contribution in [0.5, 0.6) is 0 Å². The second-order valence-electron chi connectivity index (χ2n) is 5.37. The standard InChI is InChI=1S/C15H20N4O3S3/c1-4-9-23-15-18-17-14(24-15)16-13(20)10-19(25(3,21)22)12-7-5-11(2)6-8-12/h5-8H,4,9-10H2,1-3H3,(H,16,17,20). The summed E-state index contributed by atoms with van der Waals surface area (Å²) in [5, 5.41) is 10.9. The molecule has 0 radical (unpaired) electrons. The molecule has 0 aliphatic heterocycles. The number of carbonyl (C=O) groups excluding carboxylic acids is 1. The molecule has 0 saturated heterocycles. The molecule has 0 fully saturated rings. The molecule has 1 aromatic heterocycles. The van der Waals surface area contributed by atoms with Crippen molar-refractivity contribution < 1.29 is 13.2 Å². The Kier molecular flexibility index (Phi) is 6.79. The summed E-state index contributed by atoms with van der Waals surface area (Å²) in [6.45, 7) is 3.66. The maximum absolute atomic E-state index is 12.2. The Hall–Kier alpha value is -1.65. The van der Waals surface area contributed by atoms with E-state index in [1.165, 1.54) is 11.3 Å². The van der Waals surface area contributed by atoms with Crippen molar-refractivity contribution in [3.8, 4) is 0 Å². The first-order valence-corrected chi connectivity index (χ1v) is 11.2. The first-order chi connectivity index (χ1) is 11.8. The number of hydrogen-bond donors (Lipinski definition) is 1. The topological polar surface area (TPSA) is 92.3 Å². The summed E-state index contributed by atoms with van der Waals surface area (Å²) in [6.07, 6.45) is 2.09. The van der Waals surface area contributed by atoms with Gasteiger partial charge in [0.15, 0.2) is 4.34 Å². The molecule has 1 heterocycles. The molecule has 0 spiro atoms. The van der Waals surface area contributed by atoms with Gasteiger partial charge >= 0.3 is 0 Å². The van der Waals surface area contributed by atoms with Crippen molar-refractivity contribution in [2.45, 2.75) is 24.6 Å². The van der Waals surface area contributed by atoms with Gasteiger partial charge in [0.2, 0.25) is 21.1 Å². The van der Waals surface area contributed by atoms with E-state index >= 15 is 0 Å². The molecule has 0 atom stereocenters. The molecule has 2 aromatic rings. The van der Waals surface area contributed by atoms with Crippen molar-refractivity contribution >= 4 is 49.8 Å². The van der Waals surface area contributed by atoms with Crippen LogP contribution in [0.4, 0.5) is 10.8 Å². The molecule has 10 heteroatoms. The monoisotopic (exact) mass is 400 g/mol. The average molecular weight is 401 g/mol. The normalized spacial score (nSPS) is 11.3. The fraction of sp³-hybridized carbons (Fsp3) is 0.400. The summed E-state index contributed by atoms with van der Waals surface area (Å²) in [6, 6.07) is 6.95. The molecular formula is C15H20N4O3S3. The summed E-state index contributed by atoms with van der Waals surface area (Å²) in [4.78, 5) is 12.2. The molecule has 0 bridgehead atoms. The highest BCUT2D eigenvalue weighted by Gasteiger charge is 2.21. The van der Waals surface area contributed by atoms with Gasteiger partial charge in [-0.1, -0.05) is 47.7 Å². The van der Waals surface area contributed by atoms with Gasteiger partial charge < -0.3 is 0 Å². The third-order valence-electron chi connectivity index (χ3n) is 3.09. The second kappa shape index (κ2) is 8.63. The number of carbonyl (C=O) groups is 1. The van der Waals surface area contributed by atoms with Crippen molar-refractivity contribution in [3.63, 3.8) is 0 Å². The Morgan fingerprint density at radius 2 is 1.96 bits per heavy atom. The van der Waals surface area contributed by atoms with E-state index in [4.69, 9.17) is 0 Å². The minimum atomic E-state index is -3.59. The SMILES string of the molecule is CCCSc1nnc(NC(=O)CN(c2ccc(C)cc2)S(C)(=O)=O)s1. The van der Waals surface area contributed by atoms with Crippen molar-refractivity contribution in [1.29, 1.82) is 0 Å². The van der Waals surface area contributed by atoms with Crippen LogP contribution < -0.4 is 9.62 Å². The van der Waals surface area contributed by atoms with Gasteiger partial charge in [0, 0.05) is 5.75 Å². The van der Waals surface area contributed by atoms with Crippen LogP contribution in [0, 0.1) is 6.92 Å². The van der Waals surface area contributed by atoms with Gasteiger partial charge in [0.25, 0.3) is 0 Å². The smallest absolute Gasteiger partial charge is 0.246 e. The zero-order chi connectivity index (χ0) is 18.4. The van der Waals surface area contributed by atoms with E-state index in [0.29, 0.717) is 10.8 Å². The highest BCUT2D eigenvalue weighted by Crippen LogP contribution is 2.26. The number of aromatic nitrogens is 2. The van der Waals surface area contributed by atoms with Gasteiger partial charge in [-0.2, -0.15) is 0 Å². The van der Waals surface area contributed by atoms with Crippen molar-refractivity contribution in [1.82, 2.24) is 10.2 Å². The largest absolute Gasteiger partial charge is 0.299 e. The van der Waals surface area contributed by atoms with Gasteiger partial charge in [-0.05, 0) is 25.5 Å².